The summed E-state index contributed by atoms with van der Waals surface area (Å²) in [5.41, 5.74) is 7.05. The second kappa shape index (κ2) is 4.35. The van der Waals surface area contributed by atoms with Gasteiger partial charge < -0.3 is 15.2 Å². The van der Waals surface area contributed by atoms with Crippen LogP contribution in [-0.2, 0) is 11.3 Å². The Balaban J connectivity index is 3.06. The summed E-state index contributed by atoms with van der Waals surface area (Å²) in [6.07, 6.45) is 0. The second-order valence-electron chi connectivity index (χ2n) is 2.62. The van der Waals surface area contributed by atoms with E-state index in [9.17, 15) is 0 Å². The van der Waals surface area contributed by atoms with E-state index < -0.39 is 0 Å². The van der Waals surface area contributed by atoms with Crippen molar-refractivity contribution < 1.29 is 9.47 Å². The predicted molar refractivity (Wildman–Crippen MR) is 53.1 cm³/mol. The summed E-state index contributed by atoms with van der Waals surface area (Å²) in [5.74, 6) is 0.622. The number of rotatable bonds is 3. The van der Waals surface area contributed by atoms with E-state index in [1.165, 1.54) is 0 Å². The molecule has 0 fully saturated rings. The molecule has 3 nitrogen and oxygen atoms in total. The second-order valence-corrected chi connectivity index (χ2v) is 3.03. The van der Waals surface area contributed by atoms with E-state index in [1.807, 2.05) is 0 Å². The molecule has 0 aliphatic carbocycles. The van der Waals surface area contributed by atoms with Crippen LogP contribution >= 0.6 is 11.6 Å². The largest absolute Gasteiger partial charge is 0.495 e. The minimum Gasteiger partial charge on any atom is -0.495 e. The molecule has 1 aromatic rings. The van der Waals surface area contributed by atoms with Crippen molar-refractivity contribution >= 4 is 17.3 Å². The van der Waals surface area contributed by atoms with Crippen LogP contribution in [0.2, 0.25) is 5.02 Å². The minimum absolute atomic E-state index is 0.454. The van der Waals surface area contributed by atoms with Crippen LogP contribution in [0.4, 0.5) is 5.69 Å². The Morgan fingerprint density at radius 3 is 2.62 bits per heavy atom. The van der Waals surface area contributed by atoms with E-state index in [-0.39, 0.29) is 0 Å². The van der Waals surface area contributed by atoms with Gasteiger partial charge in [-0.2, -0.15) is 0 Å². The first-order valence-electron chi connectivity index (χ1n) is 3.80. The normalized spacial score (nSPS) is 10.1. The van der Waals surface area contributed by atoms with Gasteiger partial charge in [-0.25, -0.2) is 0 Å². The van der Waals surface area contributed by atoms with Gasteiger partial charge in [-0.15, -0.1) is 0 Å². The zero-order chi connectivity index (χ0) is 9.84. The maximum atomic E-state index is 5.92. The Labute approximate surface area is 82.4 Å². The van der Waals surface area contributed by atoms with Crippen LogP contribution in [0.25, 0.3) is 0 Å². The summed E-state index contributed by atoms with van der Waals surface area (Å²) >= 11 is 5.92. The van der Waals surface area contributed by atoms with Crippen molar-refractivity contribution in [2.75, 3.05) is 20.0 Å². The van der Waals surface area contributed by atoms with Crippen molar-refractivity contribution in [2.45, 2.75) is 6.61 Å². The van der Waals surface area contributed by atoms with Crippen LogP contribution < -0.4 is 10.5 Å². The molecule has 0 bridgehead atoms. The van der Waals surface area contributed by atoms with Gasteiger partial charge in [0.1, 0.15) is 5.75 Å². The predicted octanol–water partition coefficient (Wildman–Crippen LogP) is 2.08. The summed E-state index contributed by atoms with van der Waals surface area (Å²) < 4.78 is 10.0. The first kappa shape index (κ1) is 10.2. The highest BCUT2D eigenvalue weighted by Crippen LogP contribution is 2.29. The van der Waals surface area contributed by atoms with Crippen LogP contribution in [0.1, 0.15) is 5.56 Å². The van der Waals surface area contributed by atoms with Crippen LogP contribution in [0.3, 0.4) is 0 Å². The number of benzene rings is 1. The van der Waals surface area contributed by atoms with Crippen LogP contribution in [0.5, 0.6) is 5.75 Å². The molecule has 4 heteroatoms. The Bertz CT molecular complexity index is 302. The fraction of sp³-hybridized carbons (Fsp3) is 0.333. The molecule has 2 N–H and O–H groups in total. The average molecular weight is 202 g/mol. The van der Waals surface area contributed by atoms with Crippen LogP contribution in [0, 0.1) is 0 Å². The molecule has 0 aliphatic heterocycles. The summed E-state index contributed by atoms with van der Waals surface area (Å²) in [6.45, 7) is 0.454. The standard InChI is InChI=1S/C9H12ClNO2/c1-12-5-6-3-9(13-2)8(11)4-7(6)10/h3-4H,5,11H2,1-2H3. The molecule has 0 heterocycles. The van der Waals surface area contributed by atoms with E-state index in [4.69, 9.17) is 26.8 Å². The highest BCUT2D eigenvalue weighted by Gasteiger charge is 2.06. The van der Waals surface area contributed by atoms with Gasteiger partial charge in [0.25, 0.3) is 0 Å². The number of ether oxygens (including phenoxy) is 2. The molecule has 72 valence electrons. The fourth-order valence-corrected chi connectivity index (χ4v) is 1.28. The third kappa shape index (κ3) is 2.26. The highest BCUT2D eigenvalue weighted by molar-refractivity contribution is 6.31. The third-order valence-corrected chi connectivity index (χ3v) is 2.05. The Hall–Kier alpha value is -0.930. The van der Waals surface area contributed by atoms with Gasteiger partial charge in [-0.3, -0.25) is 0 Å². The number of methoxy groups -OCH3 is 2. The lowest BCUT2D eigenvalue weighted by atomic mass is 10.2. The molecule has 0 amide bonds. The number of hydrogen-bond donors (Lipinski definition) is 1. The minimum atomic E-state index is 0.454. The maximum absolute atomic E-state index is 5.92. The van der Waals surface area contributed by atoms with Crippen LogP contribution in [0.15, 0.2) is 12.1 Å². The third-order valence-electron chi connectivity index (χ3n) is 1.70. The quantitative estimate of drug-likeness (QED) is 0.762. The van der Waals surface area contributed by atoms with Gasteiger partial charge in [0.05, 0.1) is 19.4 Å². The van der Waals surface area contributed by atoms with E-state index in [2.05, 4.69) is 0 Å². The van der Waals surface area contributed by atoms with Gasteiger partial charge >= 0.3 is 0 Å². The van der Waals surface area contributed by atoms with Crippen molar-refractivity contribution in [3.8, 4) is 5.75 Å². The lowest BCUT2D eigenvalue weighted by Crippen LogP contribution is -1.96. The summed E-state index contributed by atoms with van der Waals surface area (Å²) in [7, 11) is 3.18. The van der Waals surface area contributed by atoms with Crippen molar-refractivity contribution in [2.24, 2.45) is 0 Å². The molecular formula is C9H12ClNO2. The molecular weight excluding hydrogens is 190 g/mol. The molecule has 0 aromatic heterocycles. The average Bonchev–Trinajstić information content (AvgIpc) is 2.10. The fourth-order valence-electron chi connectivity index (χ4n) is 1.05. The molecule has 0 unspecified atom stereocenters. The van der Waals surface area contributed by atoms with Gasteiger partial charge in [-0.1, -0.05) is 11.6 Å². The lowest BCUT2D eigenvalue weighted by molar-refractivity contribution is 0.184. The van der Waals surface area contributed by atoms with Gasteiger partial charge in [0, 0.05) is 17.7 Å². The lowest BCUT2D eigenvalue weighted by Gasteiger charge is -2.08. The number of nitrogen functional groups attached to an aromatic ring is 1. The molecule has 0 saturated carbocycles. The molecule has 0 spiro atoms. The first-order valence-corrected chi connectivity index (χ1v) is 4.17. The summed E-state index contributed by atoms with van der Waals surface area (Å²) in [6, 6.07) is 3.44. The maximum Gasteiger partial charge on any atom is 0.142 e. The Kier molecular flexibility index (Phi) is 3.39. The first-order chi connectivity index (χ1) is 6.19. The number of hydrogen-bond acceptors (Lipinski definition) is 3. The van der Waals surface area contributed by atoms with Gasteiger partial charge in [0.15, 0.2) is 0 Å². The number of halogens is 1. The Morgan fingerprint density at radius 2 is 2.08 bits per heavy atom. The van der Waals surface area contributed by atoms with E-state index in [0.717, 1.165) is 5.56 Å². The summed E-state index contributed by atoms with van der Waals surface area (Å²) in [4.78, 5) is 0. The van der Waals surface area contributed by atoms with E-state index in [1.54, 1.807) is 26.4 Å². The molecule has 0 aliphatic rings. The van der Waals surface area contributed by atoms with E-state index in [0.29, 0.717) is 23.1 Å². The van der Waals surface area contributed by atoms with E-state index >= 15 is 0 Å². The van der Waals surface area contributed by atoms with Gasteiger partial charge in [0.2, 0.25) is 0 Å². The van der Waals surface area contributed by atoms with Crippen LogP contribution in [-0.4, -0.2) is 14.2 Å². The number of nitrogens with two attached hydrogens (primary N) is 1. The molecule has 13 heavy (non-hydrogen) atoms. The summed E-state index contributed by atoms with van der Waals surface area (Å²) in [5, 5.41) is 0.597. The zero-order valence-electron chi connectivity index (χ0n) is 7.63. The Morgan fingerprint density at radius 1 is 1.38 bits per heavy atom. The number of anilines is 1. The van der Waals surface area contributed by atoms with Crippen molar-refractivity contribution in [3.05, 3.63) is 22.7 Å². The van der Waals surface area contributed by atoms with Crippen molar-refractivity contribution in [1.82, 2.24) is 0 Å². The topological polar surface area (TPSA) is 44.5 Å². The SMILES string of the molecule is COCc1cc(OC)c(N)cc1Cl. The molecule has 1 rings (SSSR count). The molecule has 0 atom stereocenters. The zero-order valence-corrected chi connectivity index (χ0v) is 8.39. The molecule has 0 radical (unpaired) electrons. The van der Waals surface area contributed by atoms with Gasteiger partial charge in [-0.05, 0) is 12.1 Å². The van der Waals surface area contributed by atoms with Crippen molar-refractivity contribution in [3.63, 3.8) is 0 Å². The highest BCUT2D eigenvalue weighted by atomic mass is 35.5. The molecule has 1 aromatic carbocycles. The van der Waals surface area contributed by atoms with Crippen molar-refractivity contribution in [1.29, 1.82) is 0 Å². The monoisotopic (exact) mass is 201 g/mol. The smallest absolute Gasteiger partial charge is 0.142 e. The molecule has 0 saturated heterocycles.